The largest absolute Gasteiger partial charge is 0.369 e. The molecule has 0 N–H and O–H groups in total. The van der Waals surface area contributed by atoms with Gasteiger partial charge in [0.15, 0.2) is 5.78 Å². The quantitative estimate of drug-likeness (QED) is 0.769. The van der Waals surface area contributed by atoms with Crippen LogP contribution in [0.1, 0.15) is 21.5 Å². The normalized spacial score (nSPS) is 10.4. The van der Waals surface area contributed by atoms with Crippen molar-refractivity contribution in [2.75, 3.05) is 6.61 Å². The summed E-state index contributed by atoms with van der Waals surface area (Å²) < 4.78 is 5.41. The molecule has 0 aliphatic carbocycles. The molecular formula is C16H15ClO2. The number of Topliss-reactive ketones (excluding diaryl/α,β-unsaturated/α-hetero) is 1. The summed E-state index contributed by atoms with van der Waals surface area (Å²) in [6.07, 6.45) is 0. The number of benzene rings is 2. The van der Waals surface area contributed by atoms with Gasteiger partial charge in [-0.05, 0) is 24.1 Å². The molecule has 0 aliphatic rings. The molecule has 0 radical (unpaired) electrons. The van der Waals surface area contributed by atoms with Gasteiger partial charge in [0.2, 0.25) is 0 Å². The Balaban J connectivity index is 1.89. The number of ether oxygens (including phenoxy) is 1. The van der Waals surface area contributed by atoms with Crippen molar-refractivity contribution in [2.45, 2.75) is 13.5 Å². The van der Waals surface area contributed by atoms with E-state index in [-0.39, 0.29) is 12.4 Å². The molecule has 2 aromatic rings. The summed E-state index contributed by atoms with van der Waals surface area (Å²) in [5.41, 5.74) is 2.60. The number of carbonyl (C=O) groups excluding carboxylic acids is 1. The SMILES string of the molecule is Cc1ccc(C(=O)COCc2ccccc2)cc1Cl. The summed E-state index contributed by atoms with van der Waals surface area (Å²) in [6.45, 7) is 2.41. The number of ketones is 1. The summed E-state index contributed by atoms with van der Waals surface area (Å²) in [5.74, 6) is -0.0576. The predicted molar refractivity (Wildman–Crippen MR) is 76.6 cm³/mol. The van der Waals surface area contributed by atoms with Crippen LogP contribution in [-0.2, 0) is 11.3 Å². The second kappa shape index (κ2) is 6.50. The molecule has 0 heterocycles. The summed E-state index contributed by atoms with van der Waals surface area (Å²) in [5, 5.41) is 0.605. The van der Waals surface area contributed by atoms with Crippen LogP contribution in [0.2, 0.25) is 5.02 Å². The first kappa shape index (κ1) is 13.8. The minimum atomic E-state index is -0.0576. The molecule has 3 heteroatoms. The van der Waals surface area contributed by atoms with Gasteiger partial charge in [0.1, 0.15) is 6.61 Å². The zero-order valence-electron chi connectivity index (χ0n) is 10.7. The molecule has 0 fully saturated rings. The summed E-state index contributed by atoms with van der Waals surface area (Å²) in [6, 6.07) is 15.1. The van der Waals surface area contributed by atoms with Crippen molar-refractivity contribution in [3.8, 4) is 0 Å². The standard InChI is InChI=1S/C16H15ClO2/c1-12-7-8-14(9-15(12)17)16(18)11-19-10-13-5-3-2-4-6-13/h2-9H,10-11H2,1H3. The van der Waals surface area contributed by atoms with E-state index in [1.54, 1.807) is 12.1 Å². The van der Waals surface area contributed by atoms with Crippen LogP contribution in [-0.4, -0.2) is 12.4 Å². The van der Waals surface area contributed by atoms with Gasteiger partial charge < -0.3 is 4.74 Å². The van der Waals surface area contributed by atoms with Crippen LogP contribution in [0, 0.1) is 6.92 Å². The molecule has 2 rings (SSSR count). The Hall–Kier alpha value is -1.64. The van der Waals surface area contributed by atoms with Gasteiger partial charge in [-0.2, -0.15) is 0 Å². The van der Waals surface area contributed by atoms with Gasteiger partial charge in [0.25, 0.3) is 0 Å². The molecule has 0 aromatic heterocycles. The van der Waals surface area contributed by atoms with Crippen molar-refractivity contribution < 1.29 is 9.53 Å². The van der Waals surface area contributed by atoms with E-state index in [0.717, 1.165) is 11.1 Å². The van der Waals surface area contributed by atoms with Gasteiger partial charge in [-0.15, -0.1) is 0 Å². The molecule has 0 unspecified atom stereocenters. The molecule has 0 saturated carbocycles. The zero-order valence-corrected chi connectivity index (χ0v) is 11.5. The second-order valence-corrected chi connectivity index (χ2v) is 4.77. The van der Waals surface area contributed by atoms with Gasteiger partial charge in [-0.25, -0.2) is 0 Å². The summed E-state index contributed by atoms with van der Waals surface area (Å²) in [4.78, 5) is 11.9. The molecule has 0 spiro atoms. The van der Waals surface area contributed by atoms with Crippen LogP contribution in [0.3, 0.4) is 0 Å². The van der Waals surface area contributed by atoms with Crippen molar-refractivity contribution >= 4 is 17.4 Å². The fourth-order valence-electron chi connectivity index (χ4n) is 1.69. The maximum Gasteiger partial charge on any atom is 0.188 e. The highest BCUT2D eigenvalue weighted by atomic mass is 35.5. The molecule has 2 nitrogen and oxygen atoms in total. The third-order valence-corrected chi connectivity index (χ3v) is 3.25. The monoisotopic (exact) mass is 274 g/mol. The Morgan fingerprint density at radius 1 is 1.16 bits per heavy atom. The summed E-state index contributed by atoms with van der Waals surface area (Å²) >= 11 is 5.99. The van der Waals surface area contributed by atoms with Gasteiger partial charge in [-0.1, -0.05) is 54.1 Å². The van der Waals surface area contributed by atoms with Crippen molar-refractivity contribution in [3.63, 3.8) is 0 Å². The van der Waals surface area contributed by atoms with Gasteiger partial charge in [0, 0.05) is 10.6 Å². The number of hydrogen-bond donors (Lipinski definition) is 0. The fraction of sp³-hybridized carbons (Fsp3) is 0.188. The molecule has 0 bridgehead atoms. The lowest BCUT2D eigenvalue weighted by atomic mass is 10.1. The number of hydrogen-bond acceptors (Lipinski definition) is 2. The lowest BCUT2D eigenvalue weighted by molar-refractivity contribution is 0.0726. The molecule has 0 atom stereocenters. The summed E-state index contributed by atoms with van der Waals surface area (Å²) in [7, 11) is 0. The van der Waals surface area contributed by atoms with Crippen LogP contribution in [0.5, 0.6) is 0 Å². The van der Waals surface area contributed by atoms with Crippen molar-refractivity contribution in [1.29, 1.82) is 0 Å². The molecule has 2 aromatic carbocycles. The highest BCUT2D eigenvalue weighted by molar-refractivity contribution is 6.31. The molecule has 98 valence electrons. The maximum absolute atomic E-state index is 11.9. The van der Waals surface area contributed by atoms with Gasteiger partial charge >= 0.3 is 0 Å². The van der Waals surface area contributed by atoms with E-state index >= 15 is 0 Å². The molecule has 19 heavy (non-hydrogen) atoms. The van der Waals surface area contributed by atoms with Crippen LogP contribution in [0.4, 0.5) is 0 Å². The minimum absolute atomic E-state index is 0.0576. The maximum atomic E-state index is 11.9. The highest BCUT2D eigenvalue weighted by Gasteiger charge is 2.07. The number of aryl methyl sites for hydroxylation is 1. The number of halogens is 1. The molecule has 0 amide bonds. The van der Waals surface area contributed by atoms with E-state index in [1.807, 2.05) is 43.3 Å². The predicted octanol–water partition coefficient (Wildman–Crippen LogP) is 4.05. The van der Waals surface area contributed by atoms with Crippen molar-refractivity contribution in [3.05, 3.63) is 70.2 Å². The van der Waals surface area contributed by atoms with Crippen LogP contribution >= 0.6 is 11.6 Å². The Bertz CT molecular complexity index is 564. The number of carbonyl (C=O) groups is 1. The second-order valence-electron chi connectivity index (χ2n) is 4.37. The van der Waals surface area contributed by atoms with E-state index in [4.69, 9.17) is 16.3 Å². The van der Waals surface area contributed by atoms with E-state index in [9.17, 15) is 4.79 Å². The average Bonchev–Trinajstić information content (AvgIpc) is 2.43. The first-order valence-corrected chi connectivity index (χ1v) is 6.45. The lowest BCUT2D eigenvalue weighted by Crippen LogP contribution is -2.09. The van der Waals surface area contributed by atoms with Gasteiger partial charge in [0.05, 0.1) is 6.61 Å². The fourth-order valence-corrected chi connectivity index (χ4v) is 1.87. The van der Waals surface area contributed by atoms with Crippen LogP contribution < -0.4 is 0 Å². The number of rotatable bonds is 5. The zero-order chi connectivity index (χ0) is 13.7. The Morgan fingerprint density at radius 2 is 1.89 bits per heavy atom. The van der Waals surface area contributed by atoms with E-state index in [2.05, 4.69) is 0 Å². The first-order valence-electron chi connectivity index (χ1n) is 6.08. The van der Waals surface area contributed by atoms with Crippen molar-refractivity contribution in [2.24, 2.45) is 0 Å². The Morgan fingerprint density at radius 3 is 2.58 bits per heavy atom. The van der Waals surface area contributed by atoms with Crippen LogP contribution in [0.25, 0.3) is 0 Å². The third-order valence-electron chi connectivity index (χ3n) is 2.84. The van der Waals surface area contributed by atoms with Crippen molar-refractivity contribution in [1.82, 2.24) is 0 Å². The topological polar surface area (TPSA) is 26.3 Å². The molecular weight excluding hydrogens is 260 g/mol. The highest BCUT2D eigenvalue weighted by Crippen LogP contribution is 2.17. The first-order chi connectivity index (χ1) is 9.16. The Labute approximate surface area is 118 Å². The lowest BCUT2D eigenvalue weighted by Gasteiger charge is -2.05. The third kappa shape index (κ3) is 3.91. The Kier molecular flexibility index (Phi) is 4.72. The van der Waals surface area contributed by atoms with Gasteiger partial charge in [-0.3, -0.25) is 4.79 Å². The average molecular weight is 275 g/mol. The molecule has 0 saturated heterocycles. The van der Waals surface area contributed by atoms with E-state index in [0.29, 0.717) is 17.2 Å². The van der Waals surface area contributed by atoms with E-state index < -0.39 is 0 Å². The molecule has 0 aliphatic heterocycles. The minimum Gasteiger partial charge on any atom is -0.369 e. The smallest absolute Gasteiger partial charge is 0.188 e. The van der Waals surface area contributed by atoms with E-state index in [1.165, 1.54) is 0 Å². The van der Waals surface area contributed by atoms with Crippen LogP contribution in [0.15, 0.2) is 48.5 Å².